The largest absolute Gasteiger partial charge is 0.481 e. The van der Waals surface area contributed by atoms with Crippen LogP contribution in [0.25, 0.3) is 0 Å². The number of carbonyl (C=O) groups is 1. The van der Waals surface area contributed by atoms with Crippen molar-refractivity contribution in [3.05, 3.63) is 18.0 Å². The number of rotatable bonds is 4. The van der Waals surface area contributed by atoms with Gasteiger partial charge in [-0.05, 0) is 26.3 Å². The van der Waals surface area contributed by atoms with E-state index in [1.165, 1.54) is 0 Å². The molecular weight excluding hydrogens is 268 g/mol. The maximum atomic E-state index is 11.6. The second-order valence-electron chi connectivity index (χ2n) is 5.49. The molecule has 0 saturated carbocycles. The molecule has 0 amide bonds. The van der Waals surface area contributed by atoms with Crippen molar-refractivity contribution >= 4 is 15.8 Å². The lowest BCUT2D eigenvalue weighted by Crippen LogP contribution is -2.34. The van der Waals surface area contributed by atoms with Gasteiger partial charge in [0.1, 0.15) is 0 Å². The van der Waals surface area contributed by atoms with Gasteiger partial charge < -0.3 is 5.11 Å². The summed E-state index contributed by atoms with van der Waals surface area (Å²) in [5, 5.41) is 13.7. The molecule has 7 heteroatoms. The summed E-state index contributed by atoms with van der Waals surface area (Å²) in [7, 11) is -3.24. The number of aromatic nitrogens is 2. The van der Waals surface area contributed by atoms with Gasteiger partial charge in [0.25, 0.3) is 0 Å². The topological polar surface area (TPSA) is 89.3 Å². The monoisotopic (exact) mass is 286 g/mol. The molecule has 1 aromatic heterocycles. The Morgan fingerprint density at radius 1 is 1.58 bits per heavy atom. The van der Waals surface area contributed by atoms with Crippen LogP contribution >= 0.6 is 0 Å². The number of nitrogens with zero attached hydrogens (tertiary/aromatic N) is 2. The van der Waals surface area contributed by atoms with Gasteiger partial charge in [0, 0.05) is 18.7 Å². The van der Waals surface area contributed by atoms with Crippen LogP contribution in [0.5, 0.6) is 0 Å². The van der Waals surface area contributed by atoms with Crippen molar-refractivity contribution in [3.8, 4) is 0 Å². The molecule has 2 rings (SSSR count). The van der Waals surface area contributed by atoms with Gasteiger partial charge in [-0.3, -0.25) is 9.48 Å². The highest BCUT2D eigenvalue weighted by molar-refractivity contribution is 7.91. The van der Waals surface area contributed by atoms with E-state index in [0.29, 0.717) is 5.69 Å². The van der Waals surface area contributed by atoms with Gasteiger partial charge in [0.05, 0.1) is 22.6 Å². The van der Waals surface area contributed by atoms with E-state index in [0.717, 1.165) is 0 Å². The van der Waals surface area contributed by atoms with Crippen LogP contribution in [0.3, 0.4) is 0 Å². The van der Waals surface area contributed by atoms with Crippen molar-refractivity contribution in [2.45, 2.75) is 32.7 Å². The van der Waals surface area contributed by atoms with Gasteiger partial charge in [-0.2, -0.15) is 5.10 Å². The molecule has 1 atom stereocenters. The number of carboxylic acid groups (broad SMARTS) is 1. The van der Waals surface area contributed by atoms with Crippen molar-refractivity contribution in [1.29, 1.82) is 0 Å². The Balaban J connectivity index is 2.25. The highest BCUT2D eigenvalue weighted by atomic mass is 32.2. The first-order valence-corrected chi connectivity index (χ1v) is 8.04. The van der Waals surface area contributed by atoms with Gasteiger partial charge >= 0.3 is 5.97 Å². The molecule has 1 aliphatic rings. The summed E-state index contributed by atoms with van der Waals surface area (Å²) >= 11 is 0. The Hall–Kier alpha value is -1.37. The van der Waals surface area contributed by atoms with E-state index in [-0.39, 0.29) is 30.4 Å². The average molecular weight is 286 g/mol. The van der Waals surface area contributed by atoms with E-state index < -0.39 is 21.2 Å². The van der Waals surface area contributed by atoms with Crippen LogP contribution in [-0.4, -0.2) is 40.8 Å². The number of hydrogen-bond acceptors (Lipinski definition) is 4. The van der Waals surface area contributed by atoms with Gasteiger partial charge in [-0.25, -0.2) is 8.42 Å². The zero-order valence-corrected chi connectivity index (χ0v) is 11.9. The fraction of sp³-hybridized carbons (Fsp3) is 0.667. The minimum Gasteiger partial charge on any atom is -0.481 e. The molecule has 0 aliphatic carbocycles. The van der Waals surface area contributed by atoms with Crippen LogP contribution in [0.2, 0.25) is 0 Å². The molecule has 1 aliphatic heterocycles. The van der Waals surface area contributed by atoms with E-state index in [4.69, 9.17) is 0 Å². The van der Waals surface area contributed by atoms with Crippen molar-refractivity contribution in [2.24, 2.45) is 5.41 Å². The number of hydrogen-bond donors (Lipinski definition) is 1. The molecule has 0 aromatic carbocycles. The maximum absolute atomic E-state index is 11.6. The molecule has 0 spiro atoms. The van der Waals surface area contributed by atoms with Gasteiger partial charge in [0.15, 0.2) is 9.84 Å². The van der Waals surface area contributed by atoms with E-state index in [1.54, 1.807) is 16.9 Å². The second kappa shape index (κ2) is 4.63. The Bertz CT molecular complexity index is 591. The first-order chi connectivity index (χ1) is 8.74. The summed E-state index contributed by atoms with van der Waals surface area (Å²) in [6, 6.07) is 1.96. The molecule has 1 aromatic rings. The Morgan fingerprint density at radius 3 is 2.68 bits per heavy atom. The minimum absolute atomic E-state index is 0.0514. The van der Waals surface area contributed by atoms with Crippen molar-refractivity contribution in [2.75, 3.05) is 11.5 Å². The third kappa shape index (κ3) is 2.80. The van der Waals surface area contributed by atoms with E-state index in [9.17, 15) is 18.3 Å². The smallest absolute Gasteiger partial charge is 0.311 e. The van der Waals surface area contributed by atoms with Crippen molar-refractivity contribution in [1.82, 2.24) is 9.78 Å². The molecule has 6 nitrogen and oxygen atoms in total. The Kier molecular flexibility index (Phi) is 3.42. The van der Waals surface area contributed by atoms with Gasteiger partial charge in [-0.15, -0.1) is 0 Å². The van der Waals surface area contributed by atoms with E-state index in [2.05, 4.69) is 5.10 Å². The van der Waals surface area contributed by atoms with Crippen LogP contribution in [0.15, 0.2) is 12.3 Å². The summed E-state index contributed by atoms with van der Waals surface area (Å²) in [5.41, 5.74) is -0.581. The van der Waals surface area contributed by atoms with Crippen LogP contribution in [0.1, 0.15) is 32.0 Å². The van der Waals surface area contributed by atoms with Crippen LogP contribution in [0, 0.1) is 5.41 Å². The standard InChI is InChI=1S/C12H18N2O4S/c1-9(2)14-5-3-10(13-14)7-12(11(15)16)4-6-19(17,18)8-12/h3,5,9H,4,6-8H2,1-2H3,(H,15,16). The number of carboxylic acids is 1. The highest BCUT2D eigenvalue weighted by Gasteiger charge is 2.48. The number of aliphatic carboxylic acids is 1. The number of sulfone groups is 1. The van der Waals surface area contributed by atoms with Crippen LogP contribution in [-0.2, 0) is 21.1 Å². The predicted molar refractivity (Wildman–Crippen MR) is 69.7 cm³/mol. The molecule has 19 heavy (non-hydrogen) atoms. The summed E-state index contributed by atoms with van der Waals surface area (Å²) in [5.74, 6) is -1.39. The normalized spacial score (nSPS) is 25.8. The lowest BCUT2D eigenvalue weighted by Gasteiger charge is -2.20. The third-order valence-electron chi connectivity index (χ3n) is 3.55. The van der Waals surface area contributed by atoms with E-state index >= 15 is 0 Å². The third-order valence-corrected chi connectivity index (χ3v) is 5.37. The quantitative estimate of drug-likeness (QED) is 0.888. The summed E-state index contributed by atoms with van der Waals surface area (Å²) < 4.78 is 24.9. The molecular formula is C12H18N2O4S. The van der Waals surface area contributed by atoms with Crippen LogP contribution in [0.4, 0.5) is 0 Å². The molecule has 1 N–H and O–H groups in total. The summed E-state index contributed by atoms with van der Waals surface area (Å²) in [6.45, 7) is 3.95. The van der Waals surface area contributed by atoms with Crippen molar-refractivity contribution < 1.29 is 18.3 Å². The fourth-order valence-electron chi connectivity index (χ4n) is 2.41. The zero-order valence-electron chi connectivity index (χ0n) is 11.0. The fourth-order valence-corrected chi connectivity index (χ4v) is 4.46. The first kappa shape index (κ1) is 14.0. The average Bonchev–Trinajstić information content (AvgIpc) is 2.84. The van der Waals surface area contributed by atoms with E-state index in [1.807, 2.05) is 13.8 Å². The van der Waals surface area contributed by atoms with Gasteiger partial charge in [0.2, 0.25) is 0 Å². The lowest BCUT2D eigenvalue weighted by molar-refractivity contribution is -0.147. The van der Waals surface area contributed by atoms with Crippen molar-refractivity contribution in [3.63, 3.8) is 0 Å². The molecule has 1 fully saturated rings. The molecule has 0 radical (unpaired) electrons. The SMILES string of the molecule is CC(C)n1ccc(CC2(C(=O)O)CCS(=O)(=O)C2)n1. The summed E-state index contributed by atoms with van der Waals surface area (Å²) in [6.07, 6.45) is 2.12. The molecule has 2 heterocycles. The molecule has 0 bridgehead atoms. The van der Waals surface area contributed by atoms with Gasteiger partial charge in [-0.1, -0.05) is 0 Å². The Morgan fingerprint density at radius 2 is 2.26 bits per heavy atom. The first-order valence-electron chi connectivity index (χ1n) is 6.22. The molecule has 1 saturated heterocycles. The highest BCUT2D eigenvalue weighted by Crippen LogP contribution is 2.35. The van der Waals surface area contributed by atoms with Crippen LogP contribution < -0.4 is 0 Å². The Labute approximate surface area is 112 Å². The lowest BCUT2D eigenvalue weighted by atomic mass is 9.83. The summed E-state index contributed by atoms with van der Waals surface area (Å²) in [4.78, 5) is 11.5. The predicted octanol–water partition coefficient (Wildman–Crippen LogP) is 0.896. The molecule has 1 unspecified atom stereocenters. The zero-order chi connectivity index (χ0) is 14.3. The maximum Gasteiger partial charge on any atom is 0.311 e. The molecule has 106 valence electrons. The minimum atomic E-state index is -3.24. The second-order valence-corrected chi connectivity index (χ2v) is 7.67.